The third-order valence-corrected chi connectivity index (χ3v) is 5.08. The average Bonchev–Trinajstić information content (AvgIpc) is 2.90. The molecular weight excluding hydrogens is 232 g/mol. The highest BCUT2D eigenvalue weighted by Gasteiger charge is 2.45. The lowest BCUT2D eigenvalue weighted by Gasteiger charge is -2.49. The van der Waals surface area contributed by atoms with E-state index in [4.69, 9.17) is 0 Å². The highest BCUT2D eigenvalue weighted by atomic mass is 15.2. The minimum absolute atomic E-state index is 0.376. The summed E-state index contributed by atoms with van der Waals surface area (Å²) in [7, 11) is 0. The second kappa shape index (κ2) is 6.90. The fourth-order valence-electron chi connectivity index (χ4n) is 4.23. The minimum Gasteiger partial charge on any atom is -0.309 e. The predicted molar refractivity (Wildman–Crippen MR) is 83.5 cm³/mol. The first kappa shape index (κ1) is 15.1. The van der Waals surface area contributed by atoms with Crippen molar-refractivity contribution in [1.29, 1.82) is 0 Å². The first-order valence-electron chi connectivity index (χ1n) is 8.34. The Morgan fingerprint density at radius 2 is 1.79 bits per heavy atom. The van der Waals surface area contributed by atoms with Crippen LogP contribution in [0.3, 0.4) is 0 Å². The molecule has 1 N–H and O–H groups in total. The zero-order valence-corrected chi connectivity index (χ0v) is 13.0. The third-order valence-electron chi connectivity index (χ3n) is 5.08. The zero-order valence-electron chi connectivity index (χ0n) is 13.0. The van der Waals surface area contributed by atoms with E-state index in [0.717, 1.165) is 6.54 Å². The molecule has 0 radical (unpaired) electrons. The smallest absolute Gasteiger partial charge is 0.0461 e. The van der Waals surface area contributed by atoms with E-state index in [1.54, 1.807) is 0 Å². The highest BCUT2D eigenvalue weighted by Crippen LogP contribution is 2.41. The molecule has 2 fully saturated rings. The average molecular weight is 264 g/mol. The monoisotopic (exact) mass is 264 g/mol. The van der Waals surface area contributed by atoms with Gasteiger partial charge in [-0.2, -0.15) is 0 Å². The summed E-state index contributed by atoms with van der Waals surface area (Å²) < 4.78 is 0. The van der Waals surface area contributed by atoms with Crippen LogP contribution in [0.25, 0.3) is 0 Å². The topological polar surface area (TPSA) is 15.3 Å². The van der Waals surface area contributed by atoms with Crippen molar-refractivity contribution >= 4 is 0 Å². The maximum absolute atomic E-state index is 4.30. The molecule has 1 unspecified atom stereocenters. The Hall–Kier alpha value is -0.340. The van der Waals surface area contributed by atoms with E-state index in [0.29, 0.717) is 11.6 Å². The molecule has 0 aromatic rings. The van der Waals surface area contributed by atoms with Crippen molar-refractivity contribution < 1.29 is 0 Å². The molecule has 19 heavy (non-hydrogen) atoms. The SMILES string of the molecule is C=C(C)C(NCCC)C1(N2CCCCC2)CCCC1. The molecule has 1 aliphatic carbocycles. The van der Waals surface area contributed by atoms with Crippen molar-refractivity contribution in [3.63, 3.8) is 0 Å². The van der Waals surface area contributed by atoms with Gasteiger partial charge in [-0.3, -0.25) is 4.90 Å². The van der Waals surface area contributed by atoms with Gasteiger partial charge in [-0.25, -0.2) is 0 Å². The van der Waals surface area contributed by atoms with Crippen molar-refractivity contribution in [1.82, 2.24) is 10.2 Å². The molecular formula is C17H32N2. The molecule has 110 valence electrons. The van der Waals surface area contributed by atoms with Gasteiger partial charge in [0.2, 0.25) is 0 Å². The van der Waals surface area contributed by atoms with Crippen LogP contribution >= 0.6 is 0 Å². The lowest BCUT2D eigenvalue weighted by molar-refractivity contribution is 0.0471. The summed E-state index contributed by atoms with van der Waals surface area (Å²) in [6, 6.07) is 0.494. The molecule has 1 aliphatic heterocycles. The van der Waals surface area contributed by atoms with Gasteiger partial charge < -0.3 is 5.32 Å². The number of hydrogen-bond acceptors (Lipinski definition) is 2. The van der Waals surface area contributed by atoms with Crippen molar-refractivity contribution in [3.8, 4) is 0 Å². The molecule has 0 bridgehead atoms. The van der Waals surface area contributed by atoms with Gasteiger partial charge in [-0.1, -0.05) is 38.3 Å². The number of piperidine rings is 1. The number of hydrogen-bond donors (Lipinski definition) is 1. The van der Waals surface area contributed by atoms with E-state index in [9.17, 15) is 0 Å². The van der Waals surface area contributed by atoms with Crippen LogP contribution in [0, 0.1) is 0 Å². The summed E-state index contributed by atoms with van der Waals surface area (Å²) in [6.07, 6.45) is 10.9. The molecule has 2 heteroatoms. The highest BCUT2D eigenvalue weighted by molar-refractivity contribution is 5.17. The fourth-order valence-corrected chi connectivity index (χ4v) is 4.23. The summed E-state index contributed by atoms with van der Waals surface area (Å²) in [4.78, 5) is 2.81. The fraction of sp³-hybridized carbons (Fsp3) is 0.882. The number of nitrogens with zero attached hydrogens (tertiary/aromatic N) is 1. The van der Waals surface area contributed by atoms with Crippen LogP contribution in [0.5, 0.6) is 0 Å². The molecule has 0 aromatic carbocycles. The molecule has 2 aliphatic rings. The first-order valence-corrected chi connectivity index (χ1v) is 8.34. The van der Waals surface area contributed by atoms with Crippen LogP contribution in [0.1, 0.15) is 65.2 Å². The van der Waals surface area contributed by atoms with Crippen molar-refractivity contribution in [2.45, 2.75) is 76.8 Å². The van der Waals surface area contributed by atoms with Gasteiger partial charge in [0.15, 0.2) is 0 Å². The second-order valence-corrected chi connectivity index (χ2v) is 6.59. The Bertz CT molecular complexity index is 286. The van der Waals surface area contributed by atoms with Crippen LogP contribution in [-0.2, 0) is 0 Å². The normalized spacial score (nSPS) is 25.4. The van der Waals surface area contributed by atoms with Crippen LogP contribution in [0.2, 0.25) is 0 Å². The summed E-state index contributed by atoms with van der Waals surface area (Å²) in [6.45, 7) is 12.5. The van der Waals surface area contributed by atoms with Gasteiger partial charge in [-0.15, -0.1) is 0 Å². The van der Waals surface area contributed by atoms with E-state index >= 15 is 0 Å². The zero-order chi connectivity index (χ0) is 13.7. The molecule has 2 nitrogen and oxygen atoms in total. The van der Waals surface area contributed by atoms with Crippen LogP contribution < -0.4 is 5.32 Å². The molecule has 0 amide bonds. The van der Waals surface area contributed by atoms with Crippen LogP contribution in [0.4, 0.5) is 0 Å². The predicted octanol–water partition coefficient (Wildman–Crippen LogP) is 3.73. The van der Waals surface area contributed by atoms with Crippen molar-refractivity contribution in [2.24, 2.45) is 0 Å². The van der Waals surface area contributed by atoms with Gasteiger partial charge in [0.05, 0.1) is 0 Å². The van der Waals surface area contributed by atoms with E-state index in [1.807, 2.05) is 0 Å². The number of rotatable bonds is 6. The molecule has 1 atom stereocenters. The Morgan fingerprint density at radius 3 is 2.32 bits per heavy atom. The maximum Gasteiger partial charge on any atom is 0.0461 e. The quantitative estimate of drug-likeness (QED) is 0.735. The van der Waals surface area contributed by atoms with E-state index in [2.05, 4.69) is 30.6 Å². The molecule has 2 rings (SSSR count). The van der Waals surface area contributed by atoms with Gasteiger partial charge in [-0.05, 0) is 58.7 Å². The van der Waals surface area contributed by atoms with E-state index in [-0.39, 0.29) is 0 Å². The van der Waals surface area contributed by atoms with Crippen molar-refractivity contribution in [2.75, 3.05) is 19.6 Å². The minimum atomic E-state index is 0.376. The van der Waals surface area contributed by atoms with Gasteiger partial charge in [0, 0.05) is 11.6 Å². The number of nitrogens with one attached hydrogen (secondary N) is 1. The summed E-state index contributed by atoms with van der Waals surface area (Å²) >= 11 is 0. The summed E-state index contributed by atoms with van der Waals surface area (Å²) in [5, 5.41) is 3.81. The molecule has 1 heterocycles. The first-order chi connectivity index (χ1) is 9.20. The maximum atomic E-state index is 4.30. The Labute approximate surface area is 119 Å². The van der Waals surface area contributed by atoms with E-state index < -0.39 is 0 Å². The van der Waals surface area contributed by atoms with Gasteiger partial charge in [0.1, 0.15) is 0 Å². The summed E-state index contributed by atoms with van der Waals surface area (Å²) in [5.74, 6) is 0. The van der Waals surface area contributed by atoms with Gasteiger partial charge >= 0.3 is 0 Å². The number of likely N-dealkylation sites (tertiary alicyclic amines) is 1. The molecule has 1 saturated carbocycles. The second-order valence-electron chi connectivity index (χ2n) is 6.59. The van der Waals surface area contributed by atoms with Gasteiger partial charge in [0.25, 0.3) is 0 Å². The Morgan fingerprint density at radius 1 is 1.16 bits per heavy atom. The summed E-state index contributed by atoms with van der Waals surface area (Å²) in [5.41, 5.74) is 1.71. The largest absolute Gasteiger partial charge is 0.309 e. The molecule has 0 aromatic heterocycles. The Balaban J connectivity index is 2.17. The van der Waals surface area contributed by atoms with Crippen LogP contribution in [-0.4, -0.2) is 36.1 Å². The molecule has 0 spiro atoms. The van der Waals surface area contributed by atoms with Crippen LogP contribution in [0.15, 0.2) is 12.2 Å². The third kappa shape index (κ3) is 3.22. The van der Waals surface area contributed by atoms with Crippen molar-refractivity contribution in [3.05, 3.63) is 12.2 Å². The molecule has 1 saturated heterocycles. The lowest BCUT2D eigenvalue weighted by Crippen LogP contribution is -2.61. The Kier molecular flexibility index (Phi) is 5.47. The lowest BCUT2D eigenvalue weighted by atomic mass is 9.81. The van der Waals surface area contributed by atoms with E-state index in [1.165, 1.54) is 70.0 Å². The standard InChI is InChI=1S/C17H32N2/c1-4-12-18-16(15(2)3)17(10-6-7-11-17)19-13-8-5-9-14-19/h16,18H,2,4-14H2,1,3H3.